The maximum Gasteiger partial charge on any atom is 0.224 e. The third-order valence-corrected chi connectivity index (χ3v) is 5.45. The molecule has 1 saturated heterocycles. The lowest BCUT2D eigenvalue weighted by Gasteiger charge is -2.37. The Morgan fingerprint density at radius 1 is 1.12 bits per heavy atom. The standard InChI is InChI=1S/C22H28N2O/c1-16-9-8-12-19(17(16)2)21-13-6-7-14-24(21)22(25)15-20(23)18-10-4-3-5-11-18/h3-5,8-12,20-21H,6-7,13-15,23H2,1-2H3. The second kappa shape index (κ2) is 7.83. The Labute approximate surface area is 150 Å². The average Bonchev–Trinajstić information content (AvgIpc) is 2.64. The highest BCUT2D eigenvalue weighted by molar-refractivity contribution is 5.77. The number of rotatable bonds is 4. The van der Waals surface area contributed by atoms with Gasteiger partial charge in [-0.3, -0.25) is 4.79 Å². The predicted octanol–water partition coefficient (Wildman–Crippen LogP) is 4.45. The van der Waals surface area contributed by atoms with Gasteiger partial charge in [-0.25, -0.2) is 0 Å². The van der Waals surface area contributed by atoms with Crippen LogP contribution in [-0.2, 0) is 4.79 Å². The molecule has 1 amide bonds. The summed E-state index contributed by atoms with van der Waals surface area (Å²) in [6, 6.07) is 16.3. The lowest BCUT2D eigenvalue weighted by Crippen LogP contribution is -2.40. The minimum atomic E-state index is -0.241. The van der Waals surface area contributed by atoms with Gasteiger partial charge in [-0.15, -0.1) is 0 Å². The molecule has 2 N–H and O–H groups in total. The number of piperidine rings is 1. The van der Waals surface area contributed by atoms with Crippen molar-refractivity contribution in [3.63, 3.8) is 0 Å². The third kappa shape index (κ3) is 3.93. The van der Waals surface area contributed by atoms with E-state index in [4.69, 9.17) is 5.73 Å². The Morgan fingerprint density at radius 2 is 1.88 bits per heavy atom. The number of benzene rings is 2. The van der Waals surface area contributed by atoms with Gasteiger partial charge in [-0.1, -0.05) is 48.5 Å². The zero-order valence-corrected chi connectivity index (χ0v) is 15.2. The highest BCUT2D eigenvalue weighted by atomic mass is 16.2. The fourth-order valence-corrected chi connectivity index (χ4v) is 3.81. The number of hydrogen-bond acceptors (Lipinski definition) is 2. The van der Waals surface area contributed by atoms with Gasteiger partial charge in [0.05, 0.1) is 6.04 Å². The van der Waals surface area contributed by atoms with Crippen molar-refractivity contribution in [2.24, 2.45) is 5.73 Å². The number of amides is 1. The van der Waals surface area contributed by atoms with Crippen LogP contribution in [0.15, 0.2) is 48.5 Å². The molecule has 3 heteroatoms. The minimum Gasteiger partial charge on any atom is -0.336 e. The normalized spacial score (nSPS) is 18.8. The van der Waals surface area contributed by atoms with Crippen molar-refractivity contribution in [3.05, 3.63) is 70.8 Å². The fourth-order valence-electron chi connectivity index (χ4n) is 3.81. The molecule has 1 aliphatic rings. The molecule has 3 nitrogen and oxygen atoms in total. The van der Waals surface area contributed by atoms with Crippen molar-refractivity contribution in [1.82, 2.24) is 4.90 Å². The van der Waals surface area contributed by atoms with Crippen molar-refractivity contribution < 1.29 is 4.79 Å². The number of carbonyl (C=O) groups excluding carboxylic acids is 1. The summed E-state index contributed by atoms with van der Waals surface area (Å²) in [5, 5.41) is 0. The summed E-state index contributed by atoms with van der Waals surface area (Å²) in [5.41, 5.74) is 11.2. The molecule has 2 aromatic rings. The molecule has 3 rings (SSSR count). The first-order valence-corrected chi connectivity index (χ1v) is 9.24. The number of nitrogens with two attached hydrogens (primary N) is 1. The van der Waals surface area contributed by atoms with Gasteiger partial charge in [0, 0.05) is 19.0 Å². The van der Waals surface area contributed by atoms with Crippen molar-refractivity contribution in [2.75, 3.05) is 6.54 Å². The summed E-state index contributed by atoms with van der Waals surface area (Å²) in [5.74, 6) is 0.168. The van der Waals surface area contributed by atoms with Crippen molar-refractivity contribution in [3.8, 4) is 0 Å². The van der Waals surface area contributed by atoms with Gasteiger partial charge in [0.2, 0.25) is 5.91 Å². The van der Waals surface area contributed by atoms with E-state index in [9.17, 15) is 4.79 Å². The Bertz CT molecular complexity index is 726. The van der Waals surface area contributed by atoms with Crippen LogP contribution in [-0.4, -0.2) is 17.4 Å². The fraction of sp³-hybridized carbons (Fsp3) is 0.409. The highest BCUT2D eigenvalue weighted by Gasteiger charge is 2.29. The monoisotopic (exact) mass is 336 g/mol. The van der Waals surface area contributed by atoms with Crippen LogP contribution >= 0.6 is 0 Å². The smallest absolute Gasteiger partial charge is 0.224 e. The van der Waals surface area contributed by atoms with E-state index in [1.54, 1.807) is 0 Å². The Balaban J connectivity index is 1.78. The van der Waals surface area contributed by atoms with Crippen molar-refractivity contribution in [2.45, 2.75) is 51.6 Å². The van der Waals surface area contributed by atoms with Gasteiger partial charge in [-0.2, -0.15) is 0 Å². The second-order valence-corrected chi connectivity index (χ2v) is 7.11. The molecule has 2 unspecified atom stereocenters. The summed E-state index contributed by atoms with van der Waals surface area (Å²) >= 11 is 0. The van der Waals surface area contributed by atoms with E-state index < -0.39 is 0 Å². The molecule has 0 aromatic heterocycles. The summed E-state index contributed by atoms with van der Waals surface area (Å²) < 4.78 is 0. The molecule has 1 fully saturated rings. The first-order chi connectivity index (χ1) is 12.1. The lowest BCUT2D eigenvalue weighted by atomic mass is 9.90. The molecular weight excluding hydrogens is 308 g/mol. The van der Waals surface area contributed by atoms with Crippen LogP contribution in [0.4, 0.5) is 0 Å². The minimum absolute atomic E-state index is 0.168. The first-order valence-electron chi connectivity index (χ1n) is 9.24. The van der Waals surface area contributed by atoms with E-state index in [2.05, 4.69) is 36.9 Å². The number of nitrogens with zero attached hydrogens (tertiary/aromatic N) is 1. The molecule has 1 aliphatic heterocycles. The summed E-state index contributed by atoms with van der Waals surface area (Å²) in [6.45, 7) is 5.13. The number of hydrogen-bond donors (Lipinski definition) is 1. The molecule has 0 bridgehead atoms. The average molecular weight is 336 g/mol. The molecular formula is C22H28N2O. The maximum atomic E-state index is 13.0. The van der Waals surface area contributed by atoms with Crippen LogP contribution in [0.5, 0.6) is 0 Å². The van der Waals surface area contributed by atoms with Crippen LogP contribution in [0.2, 0.25) is 0 Å². The SMILES string of the molecule is Cc1cccc(C2CCCCN2C(=O)CC(N)c2ccccc2)c1C. The van der Waals surface area contributed by atoms with E-state index in [1.807, 2.05) is 30.3 Å². The van der Waals surface area contributed by atoms with Gasteiger partial charge in [0.15, 0.2) is 0 Å². The highest BCUT2D eigenvalue weighted by Crippen LogP contribution is 2.34. The Morgan fingerprint density at radius 3 is 2.64 bits per heavy atom. The molecule has 2 aromatic carbocycles. The van der Waals surface area contributed by atoms with E-state index in [0.717, 1.165) is 24.9 Å². The first kappa shape index (κ1) is 17.7. The molecule has 0 radical (unpaired) electrons. The van der Waals surface area contributed by atoms with E-state index >= 15 is 0 Å². The van der Waals surface area contributed by atoms with Crippen molar-refractivity contribution >= 4 is 5.91 Å². The van der Waals surface area contributed by atoms with Gasteiger partial charge in [0.1, 0.15) is 0 Å². The van der Waals surface area contributed by atoms with E-state index in [0.29, 0.717) is 6.42 Å². The van der Waals surface area contributed by atoms with Gasteiger partial charge in [0.25, 0.3) is 0 Å². The molecule has 25 heavy (non-hydrogen) atoms. The van der Waals surface area contributed by atoms with Crippen LogP contribution in [0, 0.1) is 13.8 Å². The Hall–Kier alpha value is -2.13. The van der Waals surface area contributed by atoms with Gasteiger partial charge < -0.3 is 10.6 Å². The molecule has 132 valence electrons. The second-order valence-electron chi connectivity index (χ2n) is 7.11. The molecule has 0 saturated carbocycles. The quantitative estimate of drug-likeness (QED) is 0.897. The van der Waals surface area contributed by atoms with Gasteiger partial charge in [-0.05, 0) is 55.4 Å². The van der Waals surface area contributed by atoms with Crippen LogP contribution in [0.1, 0.15) is 60.0 Å². The summed E-state index contributed by atoms with van der Waals surface area (Å²) in [7, 11) is 0. The molecule has 2 atom stereocenters. The molecule has 0 spiro atoms. The zero-order valence-electron chi connectivity index (χ0n) is 15.2. The zero-order chi connectivity index (χ0) is 17.8. The molecule has 1 heterocycles. The van der Waals surface area contributed by atoms with Crippen LogP contribution in [0.3, 0.4) is 0 Å². The van der Waals surface area contributed by atoms with Gasteiger partial charge >= 0.3 is 0 Å². The van der Waals surface area contributed by atoms with Crippen molar-refractivity contribution in [1.29, 1.82) is 0 Å². The van der Waals surface area contributed by atoms with E-state index in [1.165, 1.54) is 23.1 Å². The summed E-state index contributed by atoms with van der Waals surface area (Å²) in [4.78, 5) is 15.1. The summed E-state index contributed by atoms with van der Waals surface area (Å²) in [6.07, 6.45) is 3.65. The van der Waals surface area contributed by atoms with Crippen LogP contribution in [0.25, 0.3) is 0 Å². The largest absolute Gasteiger partial charge is 0.336 e. The topological polar surface area (TPSA) is 46.3 Å². The maximum absolute atomic E-state index is 13.0. The molecule has 0 aliphatic carbocycles. The third-order valence-electron chi connectivity index (χ3n) is 5.45. The number of aryl methyl sites for hydroxylation is 1. The lowest BCUT2D eigenvalue weighted by molar-refractivity contribution is -0.135. The van der Waals surface area contributed by atoms with E-state index in [-0.39, 0.29) is 18.0 Å². The van der Waals surface area contributed by atoms with Crippen LogP contribution < -0.4 is 5.73 Å². The predicted molar refractivity (Wildman–Crippen MR) is 102 cm³/mol. The number of carbonyl (C=O) groups is 1. The Kier molecular flexibility index (Phi) is 5.54. The number of likely N-dealkylation sites (tertiary alicyclic amines) is 1.